The summed E-state index contributed by atoms with van der Waals surface area (Å²) in [6.07, 6.45) is 2.62. The number of halogens is 1. The molecule has 13 heteroatoms. The van der Waals surface area contributed by atoms with Gasteiger partial charge in [0.1, 0.15) is 0 Å². The van der Waals surface area contributed by atoms with Crippen molar-refractivity contribution in [1.82, 2.24) is 4.90 Å². The number of phenolic OH excluding ortho intramolecular Hbond substituents is 1. The van der Waals surface area contributed by atoms with E-state index >= 15 is 0 Å². The fourth-order valence-electron chi connectivity index (χ4n) is 7.05. The van der Waals surface area contributed by atoms with Gasteiger partial charge in [-0.3, -0.25) is 0 Å². The van der Waals surface area contributed by atoms with E-state index in [4.69, 9.17) is 10.5 Å². The predicted octanol–water partition coefficient (Wildman–Crippen LogP) is -1.50. The first kappa shape index (κ1) is 34.1. The second-order valence-electron chi connectivity index (χ2n) is 12.4. The summed E-state index contributed by atoms with van der Waals surface area (Å²) in [5, 5.41) is 45.9. The van der Waals surface area contributed by atoms with Crippen molar-refractivity contribution in [3.8, 4) is 5.75 Å². The molecule has 244 valence electrons. The van der Waals surface area contributed by atoms with Gasteiger partial charge in [-0.1, -0.05) is 0 Å². The number of amides is 1. The number of aliphatic hydroxyl groups is 3. The van der Waals surface area contributed by atoms with Crippen LogP contribution in [-0.2, 0) is 30.0 Å². The number of Topliss-reactive ketones (excluding diaryl/α,β-unsaturated/α-hetero) is 2. The van der Waals surface area contributed by atoms with Gasteiger partial charge in [-0.2, -0.15) is 0 Å². The molecule has 2 saturated carbocycles. The van der Waals surface area contributed by atoms with E-state index in [0.717, 1.165) is 25.7 Å². The standard InChI is InChI=1S/C31H43IN3O9/c1-6-7-8-9-10-44-30(42)32-14-16-13-19(34(2)3)17-11-15-12-18-23(35(4)5)26(38)22(29(33)41)28(40)31(18,43)27(39)20(15)25(37)21(17)24(16)36/h13,15,18,22-23,26,36-38,43H,6-12,14H2,1-5H3,(H2,33,41)/q-1/t15-,18-,22?,23-,26?,31-/m0/s1. The Labute approximate surface area is 267 Å². The van der Waals surface area contributed by atoms with Gasteiger partial charge in [-0.15, -0.1) is 0 Å². The van der Waals surface area contributed by atoms with Crippen molar-refractivity contribution >= 4 is 32.9 Å². The number of aliphatic hydroxyl groups excluding tert-OH is 2. The number of aromatic hydroxyl groups is 1. The van der Waals surface area contributed by atoms with Gasteiger partial charge >= 0.3 is 268 Å². The number of benzene rings is 1. The summed E-state index contributed by atoms with van der Waals surface area (Å²) >= 11 is -1.16. The van der Waals surface area contributed by atoms with Crippen molar-refractivity contribution in [1.29, 1.82) is 0 Å². The minimum atomic E-state index is -2.71. The summed E-state index contributed by atoms with van der Waals surface area (Å²) in [5.74, 6) is -7.80. The quantitative estimate of drug-likeness (QED) is 0.0587. The predicted molar refractivity (Wildman–Crippen MR) is 158 cm³/mol. The molecule has 0 radical (unpaired) electrons. The first-order valence-electron chi connectivity index (χ1n) is 14.9. The number of phenols is 1. The van der Waals surface area contributed by atoms with Crippen LogP contribution in [0, 0.1) is 17.8 Å². The average molecular weight is 729 g/mol. The van der Waals surface area contributed by atoms with Crippen molar-refractivity contribution in [2.24, 2.45) is 23.5 Å². The Morgan fingerprint density at radius 3 is 2.41 bits per heavy atom. The number of ether oxygens (including phenoxy) is 1. The van der Waals surface area contributed by atoms with Gasteiger partial charge in [0.15, 0.2) is 0 Å². The van der Waals surface area contributed by atoms with Crippen LogP contribution < -0.4 is 31.8 Å². The van der Waals surface area contributed by atoms with Gasteiger partial charge in [0.25, 0.3) is 0 Å². The Bertz CT molecular complexity index is 1380. The maximum atomic E-state index is 14.1. The Morgan fingerprint density at radius 1 is 1.14 bits per heavy atom. The van der Waals surface area contributed by atoms with Crippen molar-refractivity contribution in [2.45, 2.75) is 67.6 Å². The molecule has 44 heavy (non-hydrogen) atoms. The van der Waals surface area contributed by atoms with E-state index in [-0.39, 0.29) is 38.1 Å². The number of rotatable bonds is 11. The third-order valence-electron chi connectivity index (χ3n) is 9.16. The number of fused-ring (bicyclic) bond motifs is 3. The third kappa shape index (κ3) is 5.83. The molecule has 3 aliphatic rings. The number of likely N-dealkylation sites (N-methyl/N-ethyl adjacent to an activating group) is 1. The second kappa shape index (κ2) is 13.3. The number of nitrogens with two attached hydrogens (primary N) is 1. The summed E-state index contributed by atoms with van der Waals surface area (Å²) in [6.45, 7) is 2.45. The number of unbranched alkanes of at least 4 members (excludes halogenated alkanes) is 3. The first-order chi connectivity index (χ1) is 20.7. The Morgan fingerprint density at radius 2 is 1.82 bits per heavy atom. The fourth-order valence-corrected chi connectivity index (χ4v) is 8.80. The number of carbonyl (C=O) groups is 4. The van der Waals surface area contributed by atoms with Crippen molar-refractivity contribution < 1.29 is 65.5 Å². The monoisotopic (exact) mass is 728 g/mol. The molecule has 0 bridgehead atoms. The Kier molecular flexibility index (Phi) is 10.3. The third-order valence-corrected chi connectivity index (χ3v) is 11.3. The molecule has 0 heterocycles. The molecule has 6 atom stereocenters. The van der Waals surface area contributed by atoms with Crippen molar-refractivity contribution in [2.75, 3.05) is 39.7 Å². The summed E-state index contributed by atoms with van der Waals surface area (Å²) in [7, 11) is 6.83. The van der Waals surface area contributed by atoms with Crippen LogP contribution >= 0.6 is 0 Å². The normalized spacial score (nSPS) is 28.0. The van der Waals surface area contributed by atoms with Gasteiger partial charge in [0.05, 0.1) is 0 Å². The van der Waals surface area contributed by atoms with Crippen molar-refractivity contribution in [3.05, 3.63) is 28.3 Å². The van der Waals surface area contributed by atoms with Gasteiger partial charge in [-0.05, 0) is 0 Å². The number of carbonyl (C=O) groups excluding carboxylic acids is 4. The first-order valence-corrected chi connectivity index (χ1v) is 17.5. The van der Waals surface area contributed by atoms with Crippen LogP contribution in [0.4, 0.5) is 10.5 Å². The maximum absolute atomic E-state index is 14.1. The zero-order chi connectivity index (χ0) is 32.7. The van der Waals surface area contributed by atoms with Crippen LogP contribution in [-0.4, -0.2) is 99.3 Å². The molecule has 1 amide bonds. The summed E-state index contributed by atoms with van der Waals surface area (Å²) in [5.41, 5.74) is 4.21. The molecule has 2 unspecified atom stereocenters. The van der Waals surface area contributed by atoms with Crippen LogP contribution in [0.1, 0.15) is 55.7 Å². The molecular formula is C31H43IN3O9-. The zero-order valence-corrected chi connectivity index (χ0v) is 28.0. The number of alkyl halides is 1. The molecule has 3 aliphatic carbocycles. The van der Waals surface area contributed by atoms with Gasteiger partial charge in [0, 0.05) is 0 Å². The SMILES string of the molecule is CCCCCCOC(=O)[I-]Cc1cc(N(C)C)c2c(c1O)C(O)=C1C(=O)[C@]3(O)C(=O)C(C(N)=O)C(O)[C@@H](N(C)C)[C@@H]3C[C@@H]1C2. The Balaban J connectivity index is 1.74. The van der Waals surface area contributed by atoms with Gasteiger partial charge in [-0.25, -0.2) is 0 Å². The fraction of sp³-hybridized carbons (Fsp3) is 0.613. The van der Waals surface area contributed by atoms with E-state index in [2.05, 4.69) is 6.92 Å². The molecule has 4 rings (SSSR count). The molecule has 0 aromatic heterocycles. The number of nitrogens with zero attached hydrogens (tertiary/aromatic N) is 2. The number of anilines is 1. The van der Waals surface area contributed by atoms with Crippen molar-refractivity contribution in [3.63, 3.8) is 0 Å². The van der Waals surface area contributed by atoms with Crippen LogP contribution in [0.2, 0.25) is 0 Å². The topological polar surface area (TPSA) is 191 Å². The van der Waals surface area contributed by atoms with E-state index in [1.165, 1.54) is 0 Å². The molecular weight excluding hydrogens is 685 g/mol. The molecule has 0 aliphatic heterocycles. The molecule has 2 fully saturated rings. The van der Waals surface area contributed by atoms with E-state index in [1.807, 2.05) is 4.90 Å². The van der Waals surface area contributed by atoms with E-state index in [1.54, 1.807) is 39.2 Å². The molecule has 1 aromatic rings. The molecule has 6 N–H and O–H groups in total. The molecule has 1 aromatic carbocycles. The van der Waals surface area contributed by atoms with E-state index in [0.29, 0.717) is 23.4 Å². The molecule has 0 saturated heterocycles. The average Bonchev–Trinajstić information content (AvgIpc) is 2.93. The van der Waals surface area contributed by atoms with Gasteiger partial charge < -0.3 is 0 Å². The summed E-state index contributed by atoms with van der Waals surface area (Å²) in [4.78, 5) is 55.7. The van der Waals surface area contributed by atoms with Gasteiger partial charge in [0.2, 0.25) is 0 Å². The summed E-state index contributed by atoms with van der Waals surface area (Å²) < 4.78 is 5.29. The second-order valence-corrected chi connectivity index (χ2v) is 14.8. The van der Waals surface area contributed by atoms with Crippen LogP contribution in [0.3, 0.4) is 0 Å². The number of hydrogen-bond acceptors (Lipinski definition) is 11. The molecule has 0 spiro atoms. The zero-order valence-electron chi connectivity index (χ0n) is 25.8. The van der Waals surface area contributed by atoms with Crippen LogP contribution in [0.15, 0.2) is 11.6 Å². The van der Waals surface area contributed by atoms with Crippen LogP contribution in [0.25, 0.3) is 5.76 Å². The number of primary amides is 1. The van der Waals surface area contributed by atoms with Crippen LogP contribution in [0.5, 0.6) is 5.75 Å². The molecule has 12 nitrogen and oxygen atoms in total. The Hall–Kier alpha value is -2.75. The minimum absolute atomic E-state index is 0.0173. The van der Waals surface area contributed by atoms with E-state index in [9.17, 15) is 39.6 Å². The number of hydrogen-bond donors (Lipinski definition) is 5. The number of ketones is 2. The van der Waals surface area contributed by atoms with E-state index < -0.39 is 79.9 Å². The summed E-state index contributed by atoms with van der Waals surface area (Å²) in [6, 6.07) is 0.819.